The Balaban J connectivity index is 2.14. The lowest BCUT2D eigenvalue weighted by Crippen LogP contribution is -2.44. The lowest BCUT2D eigenvalue weighted by Gasteiger charge is -2.34. The highest BCUT2D eigenvalue weighted by atomic mass is 32.2. The van der Waals surface area contributed by atoms with Gasteiger partial charge in [0.25, 0.3) is 10.0 Å². The molecule has 0 atom stereocenters. The van der Waals surface area contributed by atoms with Crippen LogP contribution in [0.3, 0.4) is 0 Å². The first-order chi connectivity index (χ1) is 8.95. The van der Waals surface area contributed by atoms with Gasteiger partial charge in [-0.2, -0.15) is 4.31 Å². The average molecular weight is 303 g/mol. The van der Waals surface area contributed by atoms with E-state index in [0.29, 0.717) is 10.8 Å². The van der Waals surface area contributed by atoms with Crippen LogP contribution in [0.5, 0.6) is 0 Å². The van der Waals surface area contributed by atoms with Gasteiger partial charge in [0.15, 0.2) is 0 Å². The summed E-state index contributed by atoms with van der Waals surface area (Å²) in [6.45, 7) is 2.28. The van der Waals surface area contributed by atoms with Gasteiger partial charge in [0.2, 0.25) is 0 Å². The molecule has 1 saturated heterocycles. The molecule has 0 unspecified atom stereocenters. The van der Waals surface area contributed by atoms with Crippen LogP contribution in [-0.2, 0) is 16.6 Å². The van der Waals surface area contributed by atoms with E-state index in [1.807, 2.05) is 0 Å². The first-order valence-corrected chi connectivity index (χ1v) is 8.66. The molecule has 0 aliphatic carbocycles. The van der Waals surface area contributed by atoms with E-state index in [-0.39, 0.29) is 6.04 Å². The maximum atomic E-state index is 12.5. The van der Waals surface area contributed by atoms with E-state index in [9.17, 15) is 8.42 Å². The van der Waals surface area contributed by atoms with Crippen LogP contribution in [0, 0.1) is 0 Å². The third-order valence-corrected chi connectivity index (χ3v) is 7.16. The highest BCUT2D eigenvalue weighted by molar-refractivity contribution is 7.91. The molecule has 19 heavy (non-hydrogen) atoms. The predicted octanol–water partition coefficient (Wildman–Crippen LogP) is 0.921. The highest BCUT2D eigenvalue weighted by Crippen LogP contribution is 2.27. The van der Waals surface area contributed by atoms with Crippen LogP contribution < -0.4 is 5.73 Å². The molecule has 0 saturated carbocycles. The van der Waals surface area contributed by atoms with Crippen molar-refractivity contribution >= 4 is 21.4 Å². The zero-order valence-corrected chi connectivity index (χ0v) is 13.0. The van der Waals surface area contributed by atoms with Gasteiger partial charge < -0.3 is 10.6 Å². The zero-order valence-electron chi connectivity index (χ0n) is 11.4. The first kappa shape index (κ1) is 14.9. The van der Waals surface area contributed by atoms with Crippen molar-refractivity contribution in [3.05, 3.63) is 17.0 Å². The van der Waals surface area contributed by atoms with Gasteiger partial charge in [0, 0.05) is 24.5 Å². The van der Waals surface area contributed by atoms with Gasteiger partial charge in [-0.1, -0.05) is 0 Å². The second kappa shape index (κ2) is 5.88. The molecular weight excluding hydrogens is 282 g/mol. The number of piperidine rings is 1. The van der Waals surface area contributed by atoms with Gasteiger partial charge in [-0.05, 0) is 45.1 Å². The molecule has 2 rings (SSSR count). The minimum atomic E-state index is -3.37. The number of nitrogens with zero attached hydrogens (tertiary/aromatic N) is 2. The monoisotopic (exact) mass is 303 g/mol. The maximum Gasteiger partial charge on any atom is 0.252 e. The molecule has 0 spiro atoms. The predicted molar refractivity (Wildman–Crippen MR) is 77.7 cm³/mol. The largest absolute Gasteiger partial charge is 0.326 e. The fourth-order valence-corrected chi connectivity index (χ4v) is 5.14. The van der Waals surface area contributed by atoms with E-state index in [2.05, 4.69) is 11.9 Å². The van der Waals surface area contributed by atoms with Crippen molar-refractivity contribution < 1.29 is 8.42 Å². The summed E-state index contributed by atoms with van der Waals surface area (Å²) in [7, 11) is 0.387. The maximum absolute atomic E-state index is 12.5. The molecule has 1 aromatic rings. The molecule has 0 amide bonds. The Hall–Kier alpha value is -0.470. The average Bonchev–Trinajstić information content (AvgIpc) is 2.88. The van der Waals surface area contributed by atoms with Crippen LogP contribution in [-0.4, -0.2) is 50.8 Å². The van der Waals surface area contributed by atoms with E-state index < -0.39 is 10.0 Å². The molecule has 1 aliphatic heterocycles. The Labute approximate surface area is 119 Å². The number of hydrogen-bond donors (Lipinski definition) is 1. The van der Waals surface area contributed by atoms with Gasteiger partial charge in [-0.15, -0.1) is 11.3 Å². The minimum absolute atomic E-state index is 0.102. The van der Waals surface area contributed by atoms with Gasteiger partial charge in [-0.25, -0.2) is 8.42 Å². The fraction of sp³-hybridized carbons (Fsp3) is 0.667. The molecular formula is C12H21N3O2S2. The SMILES string of the molecule is CN1CCC(N(C)S(=O)(=O)c2ccc(CN)s2)CC1. The molecule has 0 radical (unpaired) electrons. The van der Waals surface area contributed by atoms with Gasteiger partial charge in [0.1, 0.15) is 4.21 Å². The molecule has 2 N–H and O–H groups in total. The molecule has 5 nitrogen and oxygen atoms in total. The van der Waals surface area contributed by atoms with Crippen molar-refractivity contribution in [2.45, 2.75) is 29.6 Å². The number of likely N-dealkylation sites (tertiary alicyclic amines) is 1. The molecule has 1 aliphatic rings. The van der Waals surface area contributed by atoms with Gasteiger partial charge in [-0.3, -0.25) is 0 Å². The van der Waals surface area contributed by atoms with E-state index >= 15 is 0 Å². The second-order valence-electron chi connectivity index (χ2n) is 4.98. The second-order valence-corrected chi connectivity index (χ2v) is 8.37. The lowest BCUT2D eigenvalue weighted by molar-refractivity contribution is 0.198. The Morgan fingerprint density at radius 2 is 2.05 bits per heavy atom. The van der Waals surface area contributed by atoms with Crippen LogP contribution in [0.2, 0.25) is 0 Å². The van der Waals surface area contributed by atoms with Crippen LogP contribution >= 0.6 is 11.3 Å². The quantitative estimate of drug-likeness (QED) is 0.898. The number of nitrogens with two attached hydrogens (primary N) is 1. The summed E-state index contributed by atoms with van der Waals surface area (Å²) in [5.41, 5.74) is 5.54. The number of rotatable bonds is 4. The Kier molecular flexibility index (Phi) is 4.62. The Morgan fingerprint density at radius 3 is 2.58 bits per heavy atom. The topological polar surface area (TPSA) is 66.6 Å². The van der Waals surface area contributed by atoms with E-state index in [1.165, 1.54) is 15.6 Å². The molecule has 1 fully saturated rings. The van der Waals surface area contributed by atoms with Crippen molar-refractivity contribution in [1.29, 1.82) is 0 Å². The highest BCUT2D eigenvalue weighted by Gasteiger charge is 2.30. The molecule has 2 heterocycles. The van der Waals surface area contributed by atoms with Crippen LogP contribution in [0.4, 0.5) is 0 Å². The Bertz CT molecular complexity index is 519. The van der Waals surface area contributed by atoms with Crippen molar-refractivity contribution in [2.75, 3.05) is 27.2 Å². The third kappa shape index (κ3) is 3.17. The molecule has 108 valence electrons. The molecule has 0 bridgehead atoms. The summed E-state index contributed by atoms with van der Waals surface area (Å²) >= 11 is 1.27. The summed E-state index contributed by atoms with van der Waals surface area (Å²) in [6, 6.07) is 3.55. The summed E-state index contributed by atoms with van der Waals surface area (Å²) in [5.74, 6) is 0. The Morgan fingerprint density at radius 1 is 1.42 bits per heavy atom. The molecule has 7 heteroatoms. The summed E-state index contributed by atoms with van der Waals surface area (Å²) in [4.78, 5) is 3.13. The van der Waals surface area contributed by atoms with Gasteiger partial charge >= 0.3 is 0 Å². The standard InChI is InChI=1S/C12H21N3O2S2/c1-14-7-5-10(6-8-14)15(2)19(16,17)12-4-3-11(9-13)18-12/h3-4,10H,5-9,13H2,1-2H3. The minimum Gasteiger partial charge on any atom is -0.326 e. The van der Waals surface area contributed by atoms with E-state index in [0.717, 1.165) is 30.8 Å². The number of thiophene rings is 1. The number of sulfonamides is 1. The van der Waals surface area contributed by atoms with Crippen LogP contribution in [0.15, 0.2) is 16.3 Å². The first-order valence-electron chi connectivity index (χ1n) is 6.40. The van der Waals surface area contributed by atoms with E-state index in [1.54, 1.807) is 19.2 Å². The molecule has 1 aromatic heterocycles. The van der Waals surface area contributed by atoms with Crippen molar-refractivity contribution in [1.82, 2.24) is 9.21 Å². The van der Waals surface area contributed by atoms with Gasteiger partial charge in [0.05, 0.1) is 0 Å². The summed E-state index contributed by atoms with van der Waals surface area (Å²) in [6.07, 6.45) is 1.78. The van der Waals surface area contributed by atoms with Crippen LogP contribution in [0.1, 0.15) is 17.7 Å². The van der Waals surface area contributed by atoms with Crippen molar-refractivity contribution in [3.63, 3.8) is 0 Å². The molecule has 0 aromatic carbocycles. The third-order valence-electron chi connectivity index (χ3n) is 3.67. The van der Waals surface area contributed by atoms with Crippen molar-refractivity contribution in [3.8, 4) is 0 Å². The van der Waals surface area contributed by atoms with E-state index in [4.69, 9.17) is 5.73 Å². The summed E-state index contributed by atoms with van der Waals surface area (Å²) < 4.78 is 27.0. The normalized spacial score (nSPS) is 19.2. The number of hydrogen-bond acceptors (Lipinski definition) is 5. The van der Waals surface area contributed by atoms with Crippen molar-refractivity contribution in [2.24, 2.45) is 5.73 Å². The smallest absolute Gasteiger partial charge is 0.252 e. The fourth-order valence-electron chi connectivity index (χ4n) is 2.30. The summed E-state index contributed by atoms with van der Waals surface area (Å²) in [5, 5.41) is 0. The zero-order chi connectivity index (χ0) is 14.0. The van der Waals surface area contributed by atoms with Crippen LogP contribution in [0.25, 0.3) is 0 Å². The lowest BCUT2D eigenvalue weighted by atomic mass is 10.1.